The molecule has 122 valence electrons. The number of halogens is 3. The van der Waals surface area contributed by atoms with Crippen LogP contribution in [-0.4, -0.2) is 25.7 Å². The maximum Gasteiger partial charge on any atom is 0.433 e. The van der Waals surface area contributed by atoms with Crippen LogP contribution in [0.25, 0.3) is 5.82 Å². The molecule has 0 fully saturated rings. The molecule has 0 aromatic carbocycles. The number of hydrogen-bond donors (Lipinski definition) is 1. The lowest BCUT2D eigenvalue weighted by atomic mass is 10.2. The van der Waals surface area contributed by atoms with Crippen molar-refractivity contribution in [1.29, 1.82) is 0 Å². The first-order valence-electron chi connectivity index (χ1n) is 6.75. The molecule has 0 radical (unpaired) electrons. The van der Waals surface area contributed by atoms with E-state index in [-0.39, 0.29) is 5.56 Å². The molecule has 6 nitrogen and oxygen atoms in total. The van der Waals surface area contributed by atoms with E-state index < -0.39 is 17.8 Å². The number of rotatable bonds is 3. The minimum Gasteiger partial charge on any atom is -0.319 e. The molecular formula is C15H10F3N5O. The van der Waals surface area contributed by atoms with Gasteiger partial charge in [0, 0.05) is 24.8 Å². The highest BCUT2D eigenvalue weighted by atomic mass is 19.4. The van der Waals surface area contributed by atoms with E-state index in [9.17, 15) is 18.0 Å². The van der Waals surface area contributed by atoms with Crippen LogP contribution in [0.3, 0.4) is 0 Å². The highest BCUT2D eigenvalue weighted by Gasteiger charge is 2.32. The van der Waals surface area contributed by atoms with E-state index in [2.05, 4.69) is 20.4 Å². The van der Waals surface area contributed by atoms with Gasteiger partial charge in [0.2, 0.25) is 0 Å². The van der Waals surface area contributed by atoms with Crippen LogP contribution < -0.4 is 5.32 Å². The van der Waals surface area contributed by atoms with Gasteiger partial charge in [-0.25, -0.2) is 9.67 Å². The van der Waals surface area contributed by atoms with Crippen molar-refractivity contribution in [3.8, 4) is 5.82 Å². The summed E-state index contributed by atoms with van der Waals surface area (Å²) in [5, 5.41) is 6.62. The molecule has 0 aliphatic rings. The second-order valence-corrected chi connectivity index (χ2v) is 4.71. The predicted molar refractivity (Wildman–Crippen MR) is 78.6 cm³/mol. The molecule has 0 atom stereocenters. The van der Waals surface area contributed by atoms with E-state index in [0.29, 0.717) is 11.5 Å². The van der Waals surface area contributed by atoms with Gasteiger partial charge in [-0.1, -0.05) is 0 Å². The zero-order valence-corrected chi connectivity index (χ0v) is 12.0. The van der Waals surface area contributed by atoms with Crippen molar-refractivity contribution in [3.05, 3.63) is 66.4 Å². The van der Waals surface area contributed by atoms with Gasteiger partial charge >= 0.3 is 6.18 Å². The molecule has 0 saturated heterocycles. The molecule has 1 amide bonds. The maximum atomic E-state index is 12.5. The Kier molecular flexibility index (Phi) is 3.98. The van der Waals surface area contributed by atoms with Gasteiger partial charge < -0.3 is 5.32 Å². The van der Waals surface area contributed by atoms with Crippen molar-refractivity contribution >= 4 is 11.6 Å². The molecule has 3 aromatic rings. The van der Waals surface area contributed by atoms with E-state index in [1.807, 2.05) is 0 Å². The summed E-state index contributed by atoms with van der Waals surface area (Å²) in [6, 6.07) is 6.74. The average molecular weight is 333 g/mol. The molecule has 0 bridgehead atoms. The molecule has 0 saturated carbocycles. The zero-order chi connectivity index (χ0) is 17.2. The van der Waals surface area contributed by atoms with Crippen molar-refractivity contribution in [1.82, 2.24) is 19.7 Å². The second-order valence-electron chi connectivity index (χ2n) is 4.71. The molecule has 1 N–H and O–H groups in total. The summed E-state index contributed by atoms with van der Waals surface area (Å²) in [5.41, 5.74) is -0.693. The number of anilines is 1. The van der Waals surface area contributed by atoms with Crippen LogP contribution >= 0.6 is 0 Å². The highest BCUT2D eigenvalue weighted by Crippen LogP contribution is 2.27. The summed E-state index contributed by atoms with van der Waals surface area (Å²) in [5.74, 6) is -0.214. The number of amides is 1. The Hall–Kier alpha value is -3.23. The summed E-state index contributed by atoms with van der Waals surface area (Å²) in [6.07, 6.45) is 1.07. The normalized spacial score (nSPS) is 11.3. The van der Waals surface area contributed by atoms with Crippen molar-refractivity contribution in [2.75, 3.05) is 5.32 Å². The number of carbonyl (C=O) groups is 1. The Morgan fingerprint density at radius 1 is 1.08 bits per heavy atom. The molecule has 0 unspecified atom stereocenters. The van der Waals surface area contributed by atoms with Gasteiger partial charge in [-0.3, -0.25) is 9.78 Å². The van der Waals surface area contributed by atoms with Crippen LogP contribution in [0.1, 0.15) is 16.1 Å². The van der Waals surface area contributed by atoms with Crippen molar-refractivity contribution in [3.63, 3.8) is 0 Å². The quantitative estimate of drug-likeness (QED) is 0.800. The summed E-state index contributed by atoms with van der Waals surface area (Å²) in [7, 11) is 0. The van der Waals surface area contributed by atoms with Gasteiger partial charge in [0.15, 0.2) is 5.82 Å². The maximum absolute atomic E-state index is 12.5. The first kappa shape index (κ1) is 15.7. The third-order valence-electron chi connectivity index (χ3n) is 3.07. The van der Waals surface area contributed by atoms with Crippen LogP contribution in [-0.2, 0) is 6.18 Å². The third kappa shape index (κ3) is 3.24. The fourth-order valence-corrected chi connectivity index (χ4v) is 1.96. The smallest absolute Gasteiger partial charge is 0.319 e. The van der Waals surface area contributed by atoms with Crippen LogP contribution in [0.4, 0.5) is 18.9 Å². The van der Waals surface area contributed by atoms with Gasteiger partial charge in [0.1, 0.15) is 5.69 Å². The van der Waals surface area contributed by atoms with Crippen LogP contribution in [0.15, 0.2) is 55.1 Å². The zero-order valence-electron chi connectivity index (χ0n) is 12.0. The number of alkyl halides is 3. The highest BCUT2D eigenvalue weighted by molar-refractivity contribution is 6.04. The number of pyridine rings is 2. The Morgan fingerprint density at radius 3 is 2.54 bits per heavy atom. The number of nitrogens with zero attached hydrogens (tertiary/aromatic N) is 4. The Bertz CT molecular complexity index is 844. The standard InChI is InChI=1S/C15H10F3N5O/c16-15(17,18)12-5-4-10(9-20-12)14(24)22-11-3-1-6-19-13(11)23-8-2-7-21-23/h1-9H,(H,22,24). The van der Waals surface area contributed by atoms with Gasteiger partial charge in [-0.05, 0) is 30.3 Å². The summed E-state index contributed by atoms with van der Waals surface area (Å²) < 4.78 is 38.9. The van der Waals surface area contributed by atoms with Gasteiger partial charge in [-0.2, -0.15) is 18.3 Å². The van der Waals surface area contributed by atoms with Crippen molar-refractivity contribution in [2.45, 2.75) is 6.18 Å². The van der Waals surface area contributed by atoms with Crippen molar-refractivity contribution in [2.24, 2.45) is 0 Å². The lowest BCUT2D eigenvalue weighted by molar-refractivity contribution is -0.141. The summed E-state index contributed by atoms with van der Waals surface area (Å²) >= 11 is 0. The van der Waals surface area contributed by atoms with Crippen molar-refractivity contribution < 1.29 is 18.0 Å². The fraction of sp³-hybridized carbons (Fsp3) is 0.0667. The number of carbonyl (C=O) groups excluding carboxylic acids is 1. The lowest BCUT2D eigenvalue weighted by Crippen LogP contribution is -2.16. The fourth-order valence-electron chi connectivity index (χ4n) is 1.96. The minimum absolute atomic E-state index is 0.00160. The molecule has 3 aromatic heterocycles. The Balaban J connectivity index is 1.83. The second kappa shape index (κ2) is 6.11. The number of hydrogen-bond acceptors (Lipinski definition) is 4. The molecule has 0 aliphatic carbocycles. The predicted octanol–water partition coefficient (Wildman–Crippen LogP) is 2.93. The molecule has 0 aliphatic heterocycles. The summed E-state index contributed by atoms with van der Waals surface area (Å²) in [4.78, 5) is 19.6. The third-order valence-corrected chi connectivity index (χ3v) is 3.07. The lowest BCUT2D eigenvalue weighted by Gasteiger charge is -2.10. The van der Waals surface area contributed by atoms with Gasteiger partial charge in [0.05, 0.1) is 11.3 Å². The molecule has 0 spiro atoms. The van der Waals surface area contributed by atoms with E-state index in [4.69, 9.17) is 0 Å². The van der Waals surface area contributed by atoms with Crippen LogP contribution in [0.2, 0.25) is 0 Å². The van der Waals surface area contributed by atoms with E-state index in [1.54, 1.807) is 30.6 Å². The Labute approximate surface area is 134 Å². The number of aromatic nitrogens is 4. The Morgan fingerprint density at radius 2 is 1.92 bits per heavy atom. The topological polar surface area (TPSA) is 72.7 Å². The molecular weight excluding hydrogens is 323 g/mol. The first-order chi connectivity index (χ1) is 11.4. The molecule has 24 heavy (non-hydrogen) atoms. The van der Waals surface area contributed by atoms with E-state index in [0.717, 1.165) is 18.3 Å². The molecule has 9 heteroatoms. The van der Waals surface area contributed by atoms with Crippen LogP contribution in [0, 0.1) is 0 Å². The molecule has 3 rings (SSSR count). The van der Waals surface area contributed by atoms with E-state index in [1.165, 1.54) is 10.9 Å². The van der Waals surface area contributed by atoms with Gasteiger partial charge in [-0.15, -0.1) is 0 Å². The van der Waals surface area contributed by atoms with E-state index >= 15 is 0 Å². The largest absolute Gasteiger partial charge is 0.433 e. The van der Waals surface area contributed by atoms with Crippen LogP contribution in [0.5, 0.6) is 0 Å². The first-order valence-corrected chi connectivity index (χ1v) is 6.75. The minimum atomic E-state index is -4.55. The SMILES string of the molecule is O=C(Nc1cccnc1-n1cccn1)c1ccc(C(F)(F)F)nc1. The van der Waals surface area contributed by atoms with Gasteiger partial charge in [0.25, 0.3) is 5.91 Å². The average Bonchev–Trinajstić information content (AvgIpc) is 3.09. The number of nitrogens with one attached hydrogen (secondary N) is 1. The molecule has 3 heterocycles. The summed E-state index contributed by atoms with van der Waals surface area (Å²) in [6.45, 7) is 0. The monoisotopic (exact) mass is 333 g/mol.